The van der Waals surface area contributed by atoms with E-state index >= 15 is 0 Å². The molecule has 18 heavy (non-hydrogen) atoms. The van der Waals surface area contributed by atoms with Crippen LogP contribution in [0, 0.1) is 12.7 Å². The van der Waals surface area contributed by atoms with Crippen LogP contribution in [0.2, 0.25) is 0 Å². The molecule has 0 aliphatic heterocycles. The Morgan fingerprint density at radius 3 is 2.94 bits per heavy atom. The van der Waals surface area contributed by atoms with E-state index in [2.05, 4.69) is 31.4 Å². The van der Waals surface area contributed by atoms with Gasteiger partial charge in [0.05, 0.1) is 10.7 Å². The molecule has 1 aromatic carbocycles. The molecule has 0 aliphatic carbocycles. The quantitative estimate of drug-likeness (QED) is 0.834. The number of aromatic amines is 1. The van der Waals surface area contributed by atoms with Crippen molar-refractivity contribution in [3.05, 3.63) is 51.5 Å². The maximum atomic E-state index is 13.0. The Hall–Kier alpha value is -1.20. The van der Waals surface area contributed by atoms with Crippen LogP contribution < -0.4 is 5.32 Å². The predicted octanol–water partition coefficient (Wildman–Crippen LogP) is 2.95. The summed E-state index contributed by atoms with van der Waals surface area (Å²) in [5.74, 6) is -0.222. The second-order valence-electron chi connectivity index (χ2n) is 4.20. The van der Waals surface area contributed by atoms with Gasteiger partial charge in [-0.25, -0.2) is 4.39 Å². The minimum absolute atomic E-state index is 0.222. The molecule has 0 fully saturated rings. The number of H-pyrrole nitrogens is 1. The van der Waals surface area contributed by atoms with Crippen molar-refractivity contribution in [3.8, 4) is 0 Å². The van der Waals surface area contributed by atoms with Crippen LogP contribution in [0.15, 0.2) is 28.9 Å². The predicted molar refractivity (Wildman–Crippen MR) is 72.8 cm³/mol. The number of aryl methyl sites for hydroxylation is 1. The number of nitrogens with one attached hydrogen (secondary N) is 2. The van der Waals surface area contributed by atoms with Gasteiger partial charge >= 0.3 is 0 Å². The number of hydrogen-bond acceptors (Lipinski definition) is 2. The molecule has 1 aromatic heterocycles. The Bertz CT molecular complexity index is 525. The SMILES string of the molecule is Cc1[nH]ncc1CNCCc1ccc(F)c(Br)c1. The van der Waals surface area contributed by atoms with Crippen molar-refractivity contribution in [3.63, 3.8) is 0 Å². The zero-order valence-corrected chi connectivity index (χ0v) is 11.7. The Labute approximate surface area is 114 Å². The Kier molecular flexibility index (Phi) is 4.49. The molecular weight excluding hydrogens is 297 g/mol. The van der Waals surface area contributed by atoms with Gasteiger partial charge in [0.25, 0.3) is 0 Å². The molecule has 0 amide bonds. The van der Waals surface area contributed by atoms with Crippen molar-refractivity contribution in [1.29, 1.82) is 0 Å². The van der Waals surface area contributed by atoms with Gasteiger partial charge in [-0.15, -0.1) is 0 Å². The third-order valence-corrected chi connectivity index (χ3v) is 3.43. The highest BCUT2D eigenvalue weighted by molar-refractivity contribution is 9.10. The highest BCUT2D eigenvalue weighted by Gasteiger charge is 2.01. The molecule has 0 saturated heterocycles. The highest BCUT2D eigenvalue weighted by atomic mass is 79.9. The number of hydrogen-bond donors (Lipinski definition) is 2. The fourth-order valence-corrected chi connectivity index (χ4v) is 2.13. The third-order valence-electron chi connectivity index (χ3n) is 2.82. The molecule has 0 unspecified atom stereocenters. The summed E-state index contributed by atoms with van der Waals surface area (Å²) >= 11 is 3.19. The average molecular weight is 312 g/mol. The van der Waals surface area contributed by atoms with Crippen LogP contribution in [0.3, 0.4) is 0 Å². The molecule has 2 rings (SSSR count). The van der Waals surface area contributed by atoms with E-state index in [4.69, 9.17) is 0 Å². The molecule has 2 aromatic rings. The fourth-order valence-electron chi connectivity index (χ4n) is 1.70. The molecule has 5 heteroatoms. The van der Waals surface area contributed by atoms with Crippen LogP contribution in [-0.2, 0) is 13.0 Å². The topological polar surface area (TPSA) is 40.7 Å². The summed E-state index contributed by atoms with van der Waals surface area (Å²) in [4.78, 5) is 0. The zero-order chi connectivity index (χ0) is 13.0. The minimum Gasteiger partial charge on any atom is -0.312 e. The van der Waals surface area contributed by atoms with Crippen LogP contribution in [0.1, 0.15) is 16.8 Å². The van der Waals surface area contributed by atoms with E-state index < -0.39 is 0 Å². The van der Waals surface area contributed by atoms with Gasteiger partial charge in [-0.2, -0.15) is 5.10 Å². The number of aromatic nitrogens is 2. The molecule has 0 saturated carbocycles. The average Bonchev–Trinajstić information content (AvgIpc) is 2.75. The van der Waals surface area contributed by atoms with E-state index in [0.29, 0.717) is 4.47 Å². The number of rotatable bonds is 5. The monoisotopic (exact) mass is 311 g/mol. The second kappa shape index (κ2) is 6.11. The molecule has 2 N–H and O–H groups in total. The first-order chi connectivity index (χ1) is 8.66. The largest absolute Gasteiger partial charge is 0.312 e. The first-order valence-electron chi connectivity index (χ1n) is 5.80. The smallest absolute Gasteiger partial charge is 0.137 e. The van der Waals surface area contributed by atoms with Gasteiger partial charge in [0.1, 0.15) is 5.82 Å². The van der Waals surface area contributed by atoms with Gasteiger partial charge in [-0.05, 0) is 53.5 Å². The lowest BCUT2D eigenvalue weighted by Crippen LogP contribution is -2.16. The Morgan fingerprint density at radius 2 is 2.28 bits per heavy atom. The summed E-state index contributed by atoms with van der Waals surface area (Å²) in [6.07, 6.45) is 2.70. The molecule has 1 heterocycles. The van der Waals surface area contributed by atoms with Crippen LogP contribution in [0.25, 0.3) is 0 Å². The van der Waals surface area contributed by atoms with Crippen LogP contribution in [-0.4, -0.2) is 16.7 Å². The van der Waals surface area contributed by atoms with Gasteiger partial charge in [0.15, 0.2) is 0 Å². The molecular formula is C13H15BrFN3. The number of benzene rings is 1. The number of halogens is 2. The Morgan fingerprint density at radius 1 is 1.44 bits per heavy atom. The molecule has 0 spiro atoms. The lowest BCUT2D eigenvalue weighted by Gasteiger charge is -2.05. The van der Waals surface area contributed by atoms with E-state index in [9.17, 15) is 4.39 Å². The lowest BCUT2D eigenvalue weighted by atomic mass is 10.1. The van der Waals surface area contributed by atoms with Crippen molar-refractivity contribution in [1.82, 2.24) is 15.5 Å². The van der Waals surface area contributed by atoms with Gasteiger partial charge < -0.3 is 5.32 Å². The van der Waals surface area contributed by atoms with Crippen molar-refractivity contribution < 1.29 is 4.39 Å². The van der Waals surface area contributed by atoms with Crippen molar-refractivity contribution in [2.24, 2.45) is 0 Å². The summed E-state index contributed by atoms with van der Waals surface area (Å²) in [6, 6.07) is 5.12. The normalized spacial score (nSPS) is 10.8. The van der Waals surface area contributed by atoms with Gasteiger partial charge in [-0.1, -0.05) is 6.07 Å². The van der Waals surface area contributed by atoms with E-state index in [1.807, 2.05) is 25.3 Å². The molecule has 96 valence electrons. The standard InChI is InChI=1S/C13H15BrFN3/c1-9-11(8-17-18-9)7-16-5-4-10-2-3-13(15)12(14)6-10/h2-3,6,8,16H,4-5,7H2,1H3,(H,17,18). The fraction of sp³-hybridized carbons (Fsp3) is 0.308. The van der Waals surface area contributed by atoms with E-state index in [1.165, 1.54) is 11.6 Å². The summed E-state index contributed by atoms with van der Waals surface area (Å²) < 4.78 is 13.6. The van der Waals surface area contributed by atoms with Crippen molar-refractivity contribution in [2.45, 2.75) is 19.9 Å². The molecule has 0 radical (unpaired) electrons. The van der Waals surface area contributed by atoms with E-state index in [1.54, 1.807) is 0 Å². The second-order valence-corrected chi connectivity index (χ2v) is 5.05. The van der Waals surface area contributed by atoms with Crippen LogP contribution >= 0.6 is 15.9 Å². The van der Waals surface area contributed by atoms with Gasteiger partial charge in [0, 0.05) is 17.8 Å². The lowest BCUT2D eigenvalue weighted by molar-refractivity contribution is 0.619. The van der Waals surface area contributed by atoms with Crippen LogP contribution in [0.4, 0.5) is 4.39 Å². The van der Waals surface area contributed by atoms with Crippen LogP contribution in [0.5, 0.6) is 0 Å². The van der Waals surface area contributed by atoms with Gasteiger partial charge in [-0.3, -0.25) is 5.10 Å². The third kappa shape index (κ3) is 3.40. The highest BCUT2D eigenvalue weighted by Crippen LogP contribution is 2.16. The van der Waals surface area contributed by atoms with E-state index in [-0.39, 0.29) is 5.82 Å². The molecule has 0 bridgehead atoms. The summed E-state index contributed by atoms with van der Waals surface area (Å²) in [7, 11) is 0. The first kappa shape index (κ1) is 13.2. The number of nitrogens with zero attached hydrogens (tertiary/aromatic N) is 1. The molecule has 0 atom stereocenters. The maximum absolute atomic E-state index is 13.0. The van der Waals surface area contributed by atoms with Crippen molar-refractivity contribution >= 4 is 15.9 Å². The molecule has 3 nitrogen and oxygen atoms in total. The Balaban J connectivity index is 1.78. The van der Waals surface area contributed by atoms with Crippen molar-refractivity contribution in [2.75, 3.05) is 6.54 Å². The maximum Gasteiger partial charge on any atom is 0.137 e. The van der Waals surface area contributed by atoms with Gasteiger partial charge in [0.2, 0.25) is 0 Å². The summed E-state index contributed by atoms with van der Waals surface area (Å²) in [5.41, 5.74) is 3.38. The molecule has 0 aliphatic rings. The summed E-state index contributed by atoms with van der Waals surface area (Å²) in [5, 5.41) is 10.2. The van der Waals surface area contributed by atoms with E-state index in [0.717, 1.165) is 30.8 Å². The summed E-state index contributed by atoms with van der Waals surface area (Å²) in [6.45, 7) is 3.65. The first-order valence-corrected chi connectivity index (χ1v) is 6.59. The minimum atomic E-state index is -0.222. The zero-order valence-electron chi connectivity index (χ0n) is 10.1.